The van der Waals surface area contributed by atoms with Crippen LogP contribution in [-0.4, -0.2) is 15.0 Å². The van der Waals surface area contributed by atoms with Gasteiger partial charge in [-0.25, -0.2) is 15.0 Å². The number of nitrogens with zero attached hydrogens (tertiary/aromatic N) is 3. The minimum absolute atomic E-state index is 0.0802. The van der Waals surface area contributed by atoms with Crippen molar-refractivity contribution in [1.29, 1.82) is 0 Å². The van der Waals surface area contributed by atoms with Gasteiger partial charge < -0.3 is 4.42 Å². The van der Waals surface area contributed by atoms with Gasteiger partial charge in [-0.05, 0) is 86.0 Å². The fraction of sp³-hybridized carbons (Fsp3) is 0.0556. The van der Waals surface area contributed by atoms with E-state index in [-0.39, 0.29) is 5.41 Å². The molecular formula is C54H37N3O. The number of hydrogen-bond donors (Lipinski definition) is 0. The maximum absolute atomic E-state index is 6.59. The summed E-state index contributed by atoms with van der Waals surface area (Å²) in [6.45, 7) is 4.64. The fourth-order valence-electron chi connectivity index (χ4n) is 8.87. The highest BCUT2D eigenvalue weighted by Gasteiger charge is 2.36. The number of benzene rings is 8. The van der Waals surface area contributed by atoms with E-state index in [0.717, 1.165) is 55.3 Å². The molecule has 0 saturated carbocycles. The van der Waals surface area contributed by atoms with Gasteiger partial charge in [0.05, 0.1) is 0 Å². The van der Waals surface area contributed by atoms with Gasteiger partial charge in [0.25, 0.3) is 0 Å². The summed E-state index contributed by atoms with van der Waals surface area (Å²) >= 11 is 0. The Balaban J connectivity index is 1.03. The molecular weight excluding hydrogens is 707 g/mol. The molecule has 0 unspecified atom stereocenters. The summed E-state index contributed by atoms with van der Waals surface area (Å²) < 4.78 is 6.59. The lowest BCUT2D eigenvalue weighted by Gasteiger charge is -2.21. The van der Waals surface area contributed by atoms with Crippen molar-refractivity contribution in [3.8, 4) is 78.7 Å². The Morgan fingerprint density at radius 3 is 1.66 bits per heavy atom. The van der Waals surface area contributed by atoms with Gasteiger partial charge >= 0.3 is 0 Å². The molecule has 0 spiro atoms. The Bertz CT molecular complexity index is 3200. The SMILES string of the molecule is CC1(C)c2ccccc2-c2c(-c3cccc(-c4nc(-c5ccccc5)nc(-c5ccc6c(c5)oc5cccc(-c7cccc(-c8ccccc8)c7)c56)n4)c3)cccc21. The summed E-state index contributed by atoms with van der Waals surface area (Å²) in [6, 6.07) is 66.0. The molecule has 0 aliphatic heterocycles. The summed E-state index contributed by atoms with van der Waals surface area (Å²) in [5.41, 5.74) is 16.5. The highest BCUT2D eigenvalue weighted by Crippen LogP contribution is 2.52. The van der Waals surface area contributed by atoms with Crippen LogP contribution in [0.1, 0.15) is 25.0 Å². The van der Waals surface area contributed by atoms with Gasteiger partial charge in [-0.3, -0.25) is 0 Å². The van der Waals surface area contributed by atoms with E-state index in [1.165, 1.54) is 38.9 Å². The van der Waals surface area contributed by atoms with E-state index in [1.807, 2.05) is 42.5 Å². The first kappa shape index (κ1) is 33.9. The average molecular weight is 744 g/mol. The molecule has 0 atom stereocenters. The molecule has 11 rings (SSSR count). The minimum atomic E-state index is -0.0802. The average Bonchev–Trinajstić information content (AvgIpc) is 3.78. The Labute approximate surface area is 337 Å². The van der Waals surface area contributed by atoms with Crippen molar-refractivity contribution in [3.63, 3.8) is 0 Å². The van der Waals surface area contributed by atoms with Crippen LogP contribution in [0, 0.1) is 0 Å². The summed E-state index contributed by atoms with van der Waals surface area (Å²) in [7, 11) is 0. The van der Waals surface area contributed by atoms with Crippen LogP contribution in [0.3, 0.4) is 0 Å². The van der Waals surface area contributed by atoms with E-state index in [0.29, 0.717) is 17.5 Å². The van der Waals surface area contributed by atoms with Crippen molar-refractivity contribution >= 4 is 21.9 Å². The summed E-state index contributed by atoms with van der Waals surface area (Å²) in [5, 5.41) is 2.13. The third kappa shape index (κ3) is 5.56. The van der Waals surface area contributed by atoms with Gasteiger partial charge in [0.2, 0.25) is 0 Å². The van der Waals surface area contributed by atoms with Crippen LogP contribution in [0.4, 0.5) is 0 Å². The second-order valence-electron chi connectivity index (χ2n) is 15.6. The molecule has 0 radical (unpaired) electrons. The summed E-state index contributed by atoms with van der Waals surface area (Å²) in [5.74, 6) is 1.82. The highest BCUT2D eigenvalue weighted by molar-refractivity contribution is 6.13. The molecule has 4 nitrogen and oxygen atoms in total. The Morgan fingerprint density at radius 2 is 0.879 bits per heavy atom. The molecule has 8 aromatic carbocycles. The van der Waals surface area contributed by atoms with Crippen molar-refractivity contribution in [2.24, 2.45) is 0 Å². The zero-order valence-corrected chi connectivity index (χ0v) is 32.1. The van der Waals surface area contributed by atoms with Crippen LogP contribution in [0.15, 0.2) is 192 Å². The number of fused-ring (bicyclic) bond motifs is 6. The highest BCUT2D eigenvalue weighted by atomic mass is 16.3. The third-order valence-corrected chi connectivity index (χ3v) is 11.7. The molecule has 0 saturated heterocycles. The van der Waals surface area contributed by atoms with E-state index in [1.54, 1.807) is 0 Å². The van der Waals surface area contributed by atoms with Crippen molar-refractivity contribution in [2.45, 2.75) is 19.3 Å². The van der Waals surface area contributed by atoms with E-state index >= 15 is 0 Å². The predicted molar refractivity (Wildman–Crippen MR) is 237 cm³/mol. The van der Waals surface area contributed by atoms with E-state index in [4.69, 9.17) is 19.4 Å². The largest absolute Gasteiger partial charge is 0.456 e. The van der Waals surface area contributed by atoms with Gasteiger partial charge in [-0.1, -0.05) is 172 Å². The smallest absolute Gasteiger partial charge is 0.164 e. The fourth-order valence-corrected chi connectivity index (χ4v) is 8.87. The van der Waals surface area contributed by atoms with Crippen LogP contribution < -0.4 is 0 Å². The van der Waals surface area contributed by atoms with Crippen LogP contribution in [0.5, 0.6) is 0 Å². The van der Waals surface area contributed by atoms with Crippen LogP contribution in [0.2, 0.25) is 0 Å². The quantitative estimate of drug-likeness (QED) is 0.170. The van der Waals surface area contributed by atoms with Crippen molar-refractivity contribution in [2.75, 3.05) is 0 Å². The van der Waals surface area contributed by atoms with E-state index < -0.39 is 0 Å². The lowest BCUT2D eigenvalue weighted by molar-refractivity contribution is 0.660. The summed E-state index contributed by atoms with van der Waals surface area (Å²) in [6.07, 6.45) is 0. The molecule has 0 amide bonds. The van der Waals surface area contributed by atoms with Gasteiger partial charge in [-0.15, -0.1) is 0 Å². The number of furan rings is 1. The monoisotopic (exact) mass is 743 g/mol. The normalized spacial score (nSPS) is 12.8. The molecule has 10 aromatic rings. The van der Waals surface area contributed by atoms with Crippen molar-refractivity contribution < 1.29 is 4.42 Å². The molecule has 0 N–H and O–H groups in total. The molecule has 0 bridgehead atoms. The lowest BCUT2D eigenvalue weighted by Crippen LogP contribution is -2.14. The van der Waals surface area contributed by atoms with Crippen molar-refractivity contribution in [3.05, 3.63) is 199 Å². The minimum Gasteiger partial charge on any atom is -0.456 e. The second-order valence-corrected chi connectivity index (χ2v) is 15.6. The maximum Gasteiger partial charge on any atom is 0.164 e. The lowest BCUT2D eigenvalue weighted by atomic mass is 9.82. The first-order chi connectivity index (χ1) is 28.5. The van der Waals surface area contributed by atoms with Gasteiger partial charge in [0.1, 0.15) is 11.2 Å². The Morgan fingerprint density at radius 1 is 0.362 bits per heavy atom. The maximum atomic E-state index is 6.59. The van der Waals surface area contributed by atoms with Gasteiger partial charge in [0.15, 0.2) is 17.5 Å². The second kappa shape index (κ2) is 13.4. The standard InChI is InChI=1S/C54H37N3O/c1-54(2)45-26-10-9-23-43(45)49-41(24-13-27-46(49)54)38-21-12-22-39(32-38)52-55-51(35-17-7-4-8-18-35)56-53(57-52)40-29-30-44-48(33-40)58-47-28-14-25-42(50(44)47)37-20-11-19-36(31-37)34-15-5-3-6-16-34/h3-33H,1-2H3. The van der Waals surface area contributed by atoms with E-state index in [9.17, 15) is 0 Å². The third-order valence-electron chi connectivity index (χ3n) is 11.7. The predicted octanol–water partition coefficient (Wildman–Crippen LogP) is 14.1. The molecule has 1 aliphatic carbocycles. The molecule has 0 fully saturated rings. The molecule has 2 aromatic heterocycles. The first-order valence-corrected chi connectivity index (χ1v) is 19.8. The van der Waals surface area contributed by atoms with Crippen molar-refractivity contribution in [1.82, 2.24) is 15.0 Å². The van der Waals surface area contributed by atoms with Crippen LogP contribution in [0.25, 0.3) is 101 Å². The molecule has 58 heavy (non-hydrogen) atoms. The Hall–Kier alpha value is -7.43. The number of rotatable bonds is 6. The Kier molecular flexibility index (Phi) is 7.80. The first-order valence-electron chi connectivity index (χ1n) is 19.8. The van der Waals surface area contributed by atoms with Crippen LogP contribution >= 0.6 is 0 Å². The van der Waals surface area contributed by atoms with Gasteiger partial charge in [0, 0.05) is 32.9 Å². The topological polar surface area (TPSA) is 51.8 Å². The van der Waals surface area contributed by atoms with E-state index in [2.05, 4.69) is 159 Å². The molecule has 4 heteroatoms. The number of hydrogen-bond acceptors (Lipinski definition) is 4. The zero-order valence-electron chi connectivity index (χ0n) is 32.1. The molecule has 274 valence electrons. The van der Waals surface area contributed by atoms with Crippen LogP contribution in [-0.2, 0) is 5.41 Å². The summed E-state index contributed by atoms with van der Waals surface area (Å²) in [4.78, 5) is 15.3. The molecule has 1 aliphatic rings. The van der Waals surface area contributed by atoms with Gasteiger partial charge in [-0.2, -0.15) is 0 Å². The zero-order chi connectivity index (χ0) is 38.8. The molecule has 2 heterocycles. The number of aromatic nitrogens is 3.